The third-order valence-corrected chi connectivity index (χ3v) is 6.47. The largest absolute Gasteiger partial charge is 0.454 e. The molecule has 146 valence electrons. The number of ketones is 1. The van der Waals surface area contributed by atoms with Crippen LogP contribution < -0.4 is 0 Å². The Morgan fingerprint density at radius 2 is 2.29 bits per heavy atom. The topological polar surface area (TPSA) is 89.3 Å². The Labute approximate surface area is 171 Å². The Morgan fingerprint density at radius 3 is 2.96 bits per heavy atom. The van der Waals surface area contributed by atoms with Crippen molar-refractivity contribution in [1.29, 1.82) is 5.26 Å². The number of hydrogen-bond acceptors (Lipinski definition) is 8. The van der Waals surface area contributed by atoms with Crippen molar-refractivity contribution in [3.8, 4) is 6.07 Å². The van der Waals surface area contributed by atoms with Gasteiger partial charge in [-0.25, -0.2) is 9.78 Å². The van der Waals surface area contributed by atoms with Crippen LogP contribution in [0.3, 0.4) is 0 Å². The summed E-state index contributed by atoms with van der Waals surface area (Å²) in [5, 5.41) is 11.5. The molecule has 2 heterocycles. The van der Waals surface area contributed by atoms with Gasteiger partial charge < -0.3 is 9.47 Å². The predicted molar refractivity (Wildman–Crippen MR) is 107 cm³/mol. The van der Waals surface area contributed by atoms with Crippen LogP contribution in [-0.4, -0.2) is 41.8 Å². The predicted octanol–water partition coefficient (Wildman–Crippen LogP) is 3.76. The number of aryl methyl sites for hydroxylation is 1. The van der Waals surface area contributed by atoms with E-state index in [9.17, 15) is 14.9 Å². The number of ether oxygens (including phenoxy) is 2. The van der Waals surface area contributed by atoms with Crippen LogP contribution in [0.2, 0.25) is 0 Å². The minimum atomic E-state index is -1.02. The highest BCUT2D eigenvalue weighted by Crippen LogP contribution is 2.27. The molecule has 0 amide bonds. The number of nitrogens with zero attached hydrogens (tertiary/aromatic N) is 2. The Hall–Kier alpha value is -2.21. The van der Waals surface area contributed by atoms with Crippen molar-refractivity contribution in [3.05, 3.63) is 45.9 Å². The van der Waals surface area contributed by atoms with Crippen molar-refractivity contribution in [2.45, 2.75) is 36.7 Å². The second-order valence-corrected chi connectivity index (χ2v) is 8.33. The molecule has 1 aliphatic heterocycles. The first-order valence-electron chi connectivity index (χ1n) is 8.93. The first-order valence-corrected chi connectivity index (χ1v) is 10.8. The van der Waals surface area contributed by atoms with E-state index in [1.807, 2.05) is 18.2 Å². The van der Waals surface area contributed by atoms with Gasteiger partial charge in [-0.2, -0.15) is 5.26 Å². The molecular weight excluding hydrogens is 396 g/mol. The van der Waals surface area contributed by atoms with E-state index in [4.69, 9.17) is 9.47 Å². The van der Waals surface area contributed by atoms with Gasteiger partial charge in [-0.1, -0.05) is 12.1 Å². The maximum atomic E-state index is 12.5. The number of benzene rings is 1. The molecule has 0 saturated carbocycles. The Bertz CT molecular complexity index is 884. The van der Waals surface area contributed by atoms with Gasteiger partial charge in [0.15, 0.2) is 18.3 Å². The van der Waals surface area contributed by atoms with Gasteiger partial charge in [0.2, 0.25) is 0 Å². The minimum absolute atomic E-state index is 0.203. The third-order valence-electron chi connectivity index (χ3n) is 4.24. The quantitative estimate of drug-likeness (QED) is 0.478. The van der Waals surface area contributed by atoms with E-state index in [0.29, 0.717) is 10.6 Å². The van der Waals surface area contributed by atoms with Crippen LogP contribution in [0.4, 0.5) is 0 Å². The van der Waals surface area contributed by atoms with Crippen LogP contribution in [0.25, 0.3) is 0 Å². The van der Waals surface area contributed by atoms with Crippen molar-refractivity contribution >= 4 is 34.9 Å². The minimum Gasteiger partial charge on any atom is -0.454 e. The van der Waals surface area contributed by atoms with Crippen molar-refractivity contribution < 1.29 is 19.1 Å². The van der Waals surface area contributed by atoms with E-state index in [2.05, 4.69) is 4.98 Å². The summed E-state index contributed by atoms with van der Waals surface area (Å²) in [6, 6.07) is 9.09. The molecular formula is C20H20N2O4S2. The number of carbonyl (C=O) groups is 2. The van der Waals surface area contributed by atoms with Gasteiger partial charge in [-0.3, -0.25) is 4.79 Å². The van der Waals surface area contributed by atoms with Gasteiger partial charge in [0.1, 0.15) is 5.01 Å². The summed E-state index contributed by atoms with van der Waals surface area (Å²) in [7, 11) is 0. The Kier molecular flexibility index (Phi) is 7.20. The standard InChI is InChI=1S/C20H20N2O4S2/c1-13-11-28-19(22-13)16(9-21)17(23)10-26-20(24)15-6-2-3-7-18(15)27-12-14-5-4-8-25-14/h2-3,6-7,11,14,16H,4-5,8,10,12H2,1H3/t14-,16-/m0/s1. The summed E-state index contributed by atoms with van der Waals surface area (Å²) in [5.74, 6) is -1.30. The summed E-state index contributed by atoms with van der Waals surface area (Å²) >= 11 is 2.80. The highest BCUT2D eigenvalue weighted by atomic mass is 32.2. The van der Waals surface area contributed by atoms with Crippen molar-refractivity contribution in [2.24, 2.45) is 0 Å². The number of thioether (sulfide) groups is 1. The molecule has 0 unspecified atom stereocenters. The average Bonchev–Trinajstić information content (AvgIpc) is 3.37. The molecule has 2 aromatic rings. The molecule has 2 atom stereocenters. The zero-order chi connectivity index (χ0) is 19.9. The van der Waals surface area contributed by atoms with E-state index in [-0.39, 0.29) is 6.10 Å². The van der Waals surface area contributed by atoms with Crippen LogP contribution in [0.1, 0.15) is 39.8 Å². The molecule has 3 rings (SSSR count). The summed E-state index contributed by atoms with van der Waals surface area (Å²) < 4.78 is 10.8. The molecule has 1 aliphatic rings. The lowest BCUT2D eigenvalue weighted by atomic mass is 10.1. The zero-order valence-corrected chi connectivity index (χ0v) is 17.1. The maximum absolute atomic E-state index is 12.5. The van der Waals surface area contributed by atoms with Gasteiger partial charge in [0, 0.05) is 28.3 Å². The first-order chi connectivity index (χ1) is 13.6. The number of esters is 1. The van der Waals surface area contributed by atoms with Crippen LogP contribution in [0, 0.1) is 18.3 Å². The zero-order valence-electron chi connectivity index (χ0n) is 15.4. The summed E-state index contributed by atoms with van der Waals surface area (Å²) in [5.41, 5.74) is 1.17. The molecule has 0 radical (unpaired) electrons. The highest BCUT2D eigenvalue weighted by molar-refractivity contribution is 7.99. The van der Waals surface area contributed by atoms with Crippen LogP contribution in [0.5, 0.6) is 0 Å². The summed E-state index contributed by atoms with van der Waals surface area (Å²) in [4.78, 5) is 29.8. The van der Waals surface area contributed by atoms with E-state index < -0.39 is 24.3 Å². The average molecular weight is 417 g/mol. The normalized spacial score (nSPS) is 17.1. The van der Waals surface area contributed by atoms with E-state index >= 15 is 0 Å². The number of nitriles is 1. The summed E-state index contributed by atoms with van der Waals surface area (Å²) in [6.07, 6.45) is 2.30. The maximum Gasteiger partial charge on any atom is 0.339 e. The van der Waals surface area contributed by atoms with Crippen LogP contribution in [-0.2, 0) is 14.3 Å². The molecule has 0 N–H and O–H groups in total. The molecule has 1 fully saturated rings. The number of thiazole rings is 1. The van der Waals surface area contributed by atoms with Crippen LogP contribution >= 0.6 is 23.1 Å². The molecule has 1 aromatic carbocycles. The monoisotopic (exact) mass is 416 g/mol. The molecule has 1 aromatic heterocycles. The molecule has 6 nitrogen and oxygen atoms in total. The molecule has 0 spiro atoms. The van der Waals surface area contributed by atoms with Crippen molar-refractivity contribution in [1.82, 2.24) is 4.98 Å². The van der Waals surface area contributed by atoms with Gasteiger partial charge >= 0.3 is 5.97 Å². The number of hydrogen-bond donors (Lipinski definition) is 0. The Morgan fingerprint density at radius 1 is 1.46 bits per heavy atom. The van der Waals surface area contributed by atoms with Gasteiger partial charge in [-0.05, 0) is 31.9 Å². The third kappa shape index (κ3) is 5.19. The fourth-order valence-electron chi connectivity index (χ4n) is 2.79. The highest BCUT2D eigenvalue weighted by Gasteiger charge is 2.25. The van der Waals surface area contributed by atoms with E-state index in [1.165, 1.54) is 11.3 Å². The lowest BCUT2D eigenvalue weighted by molar-refractivity contribution is -0.122. The van der Waals surface area contributed by atoms with Crippen molar-refractivity contribution in [3.63, 3.8) is 0 Å². The smallest absolute Gasteiger partial charge is 0.339 e. The lowest BCUT2D eigenvalue weighted by Crippen LogP contribution is -2.20. The first kappa shape index (κ1) is 20.5. The van der Waals surface area contributed by atoms with Gasteiger partial charge in [0.25, 0.3) is 0 Å². The molecule has 0 bridgehead atoms. The number of aromatic nitrogens is 1. The lowest BCUT2D eigenvalue weighted by Gasteiger charge is -2.12. The fourth-order valence-corrected chi connectivity index (χ4v) is 4.76. The number of rotatable bonds is 8. The fraction of sp³-hybridized carbons (Fsp3) is 0.400. The second-order valence-electron chi connectivity index (χ2n) is 6.37. The molecule has 28 heavy (non-hydrogen) atoms. The molecule has 8 heteroatoms. The van der Waals surface area contributed by atoms with Crippen molar-refractivity contribution in [2.75, 3.05) is 19.0 Å². The second kappa shape index (κ2) is 9.82. The number of Topliss-reactive ketones (excluding diaryl/α,β-unsaturated/α-hetero) is 1. The van der Waals surface area contributed by atoms with Gasteiger partial charge in [0.05, 0.1) is 17.7 Å². The summed E-state index contributed by atoms with van der Waals surface area (Å²) in [6.45, 7) is 2.13. The Balaban J connectivity index is 1.59. The molecule has 0 aliphatic carbocycles. The van der Waals surface area contributed by atoms with E-state index in [0.717, 1.165) is 35.8 Å². The van der Waals surface area contributed by atoms with Gasteiger partial charge in [-0.15, -0.1) is 23.1 Å². The SMILES string of the molecule is Cc1csc([C@@H](C#N)C(=O)COC(=O)c2ccccc2SC[C@@H]2CCCO2)n1. The number of carbonyl (C=O) groups excluding carboxylic acids is 2. The van der Waals surface area contributed by atoms with E-state index in [1.54, 1.807) is 36.2 Å². The molecule has 1 saturated heterocycles. The van der Waals surface area contributed by atoms with Crippen LogP contribution in [0.15, 0.2) is 34.5 Å².